The second-order valence-corrected chi connectivity index (χ2v) is 9.61. The number of aliphatic hydroxyl groups is 1. The lowest BCUT2D eigenvalue weighted by atomic mass is 10.0. The van der Waals surface area contributed by atoms with E-state index in [1.165, 1.54) is 13.4 Å². The van der Waals surface area contributed by atoms with Crippen LogP contribution in [0.25, 0.3) is 33.1 Å². The van der Waals surface area contributed by atoms with Crippen molar-refractivity contribution in [1.82, 2.24) is 19.3 Å². The van der Waals surface area contributed by atoms with Crippen LogP contribution >= 0.6 is 0 Å². The Morgan fingerprint density at radius 3 is 2.69 bits per heavy atom. The van der Waals surface area contributed by atoms with Crippen LogP contribution in [0.3, 0.4) is 0 Å². The number of hydrogen-bond acceptors (Lipinski definition) is 6. The van der Waals surface area contributed by atoms with Crippen molar-refractivity contribution < 1.29 is 18.1 Å². The zero-order valence-corrected chi connectivity index (χ0v) is 18.1. The predicted molar refractivity (Wildman–Crippen MR) is 123 cm³/mol. The Hall–Kier alpha value is -3.05. The van der Waals surface area contributed by atoms with Crippen LogP contribution in [0, 0.1) is 0 Å². The first-order valence-corrected chi connectivity index (χ1v) is 11.7. The number of hydrogen-bond donors (Lipinski definition) is 4. The molecular weight excluding hydrogens is 430 g/mol. The molecule has 5 rings (SSSR count). The molecule has 32 heavy (non-hydrogen) atoms. The van der Waals surface area contributed by atoms with Crippen molar-refractivity contribution in [2.24, 2.45) is 0 Å². The van der Waals surface area contributed by atoms with Crippen molar-refractivity contribution in [2.75, 3.05) is 12.4 Å². The number of anilines is 1. The number of benzene rings is 2. The van der Waals surface area contributed by atoms with Crippen molar-refractivity contribution >= 4 is 37.9 Å². The van der Waals surface area contributed by atoms with Gasteiger partial charge in [0.2, 0.25) is 0 Å². The maximum absolute atomic E-state index is 11.5. The van der Waals surface area contributed by atoms with Gasteiger partial charge in [-0.05, 0) is 29.7 Å². The van der Waals surface area contributed by atoms with Crippen LogP contribution in [0.4, 0.5) is 5.82 Å². The molecular formula is C22H23N5O4S. The number of nitrogens with zero attached hydrogens (tertiary/aromatic N) is 3. The third-order valence-electron chi connectivity index (χ3n) is 6.17. The SMILES string of the molecule is CN([C@H]1C[C@@H](Nc2ncnc3[nH]c(-c4cccc5ccccc45)cc23)C[C@@H]1O)S(=O)(=O)O. The minimum atomic E-state index is -4.38. The van der Waals surface area contributed by atoms with Crippen molar-refractivity contribution in [3.05, 3.63) is 54.9 Å². The summed E-state index contributed by atoms with van der Waals surface area (Å²) in [4.78, 5) is 12.1. The van der Waals surface area contributed by atoms with Gasteiger partial charge in [-0.25, -0.2) is 9.97 Å². The third kappa shape index (κ3) is 3.71. The van der Waals surface area contributed by atoms with Gasteiger partial charge in [-0.3, -0.25) is 4.55 Å². The molecule has 3 atom stereocenters. The molecule has 1 saturated carbocycles. The van der Waals surface area contributed by atoms with E-state index in [4.69, 9.17) is 0 Å². The maximum Gasteiger partial charge on any atom is 0.335 e. The van der Waals surface area contributed by atoms with Gasteiger partial charge >= 0.3 is 10.3 Å². The number of aliphatic hydroxyl groups excluding tert-OH is 1. The zero-order chi connectivity index (χ0) is 22.5. The minimum Gasteiger partial charge on any atom is -0.391 e. The first-order valence-electron chi connectivity index (χ1n) is 10.3. The monoisotopic (exact) mass is 453 g/mol. The smallest absolute Gasteiger partial charge is 0.335 e. The van der Waals surface area contributed by atoms with E-state index in [-0.39, 0.29) is 6.04 Å². The number of aromatic nitrogens is 3. The van der Waals surface area contributed by atoms with E-state index >= 15 is 0 Å². The molecule has 0 saturated heterocycles. The normalized spacial score (nSPS) is 21.6. The van der Waals surface area contributed by atoms with Crippen LogP contribution in [0.15, 0.2) is 54.9 Å². The van der Waals surface area contributed by atoms with E-state index in [2.05, 4.69) is 44.5 Å². The number of fused-ring (bicyclic) bond motifs is 2. The molecule has 1 aliphatic rings. The Bertz CT molecular complexity index is 1400. The molecule has 4 N–H and O–H groups in total. The summed E-state index contributed by atoms with van der Waals surface area (Å²) in [5.41, 5.74) is 2.64. The van der Waals surface area contributed by atoms with E-state index in [0.717, 1.165) is 31.7 Å². The maximum atomic E-state index is 11.5. The highest BCUT2D eigenvalue weighted by molar-refractivity contribution is 7.83. The minimum absolute atomic E-state index is 0.215. The second kappa shape index (κ2) is 7.82. The Morgan fingerprint density at radius 1 is 1.09 bits per heavy atom. The molecule has 4 aromatic rings. The average molecular weight is 454 g/mol. The van der Waals surface area contributed by atoms with E-state index < -0.39 is 22.4 Å². The fourth-order valence-corrected chi connectivity index (χ4v) is 5.10. The van der Waals surface area contributed by atoms with Gasteiger partial charge in [-0.1, -0.05) is 42.5 Å². The Labute approximate surface area is 185 Å². The first kappa shape index (κ1) is 20.8. The molecule has 10 heteroatoms. The van der Waals surface area contributed by atoms with Crippen molar-refractivity contribution in [3.63, 3.8) is 0 Å². The molecule has 0 bridgehead atoms. The summed E-state index contributed by atoms with van der Waals surface area (Å²) in [7, 11) is -3.12. The van der Waals surface area contributed by atoms with Crippen LogP contribution in [0.5, 0.6) is 0 Å². The van der Waals surface area contributed by atoms with Crippen molar-refractivity contribution in [1.29, 1.82) is 0 Å². The predicted octanol–water partition coefficient (Wildman–Crippen LogP) is 2.82. The molecule has 0 aliphatic heterocycles. The molecule has 1 fully saturated rings. The van der Waals surface area contributed by atoms with E-state index in [0.29, 0.717) is 24.3 Å². The average Bonchev–Trinajstić information content (AvgIpc) is 3.36. The number of nitrogens with one attached hydrogen (secondary N) is 2. The molecule has 0 spiro atoms. The van der Waals surface area contributed by atoms with Crippen LogP contribution in [-0.2, 0) is 10.3 Å². The summed E-state index contributed by atoms with van der Waals surface area (Å²) < 4.78 is 33.0. The van der Waals surface area contributed by atoms with Crippen LogP contribution in [0.1, 0.15) is 12.8 Å². The topological polar surface area (TPSA) is 131 Å². The standard InChI is InChI=1S/C22H23N5O4S/c1-27(32(29,30)31)19-9-14(10-20(19)28)25-21-17-11-18(26-22(17)24-12-23-21)16-8-4-6-13-5-2-3-7-15(13)16/h2-8,11-12,14,19-20,28H,9-10H2,1H3,(H,29,30,31)(H2,23,24,25,26)/t14-,19+,20+/m1/s1. The lowest BCUT2D eigenvalue weighted by Crippen LogP contribution is -2.41. The Balaban J connectivity index is 1.46. The van der Waals surface area contributed by atoms with Gasteiger partial charge in [0.05, 0.1) is 17.5 Å². The summed E-state index contributed by atoms with van der Waals surface area (Å²) in [6.45, 7) is 0. The molecule has 2 heterocycles. The van der Waals surface area contributed by atoms with Gasteiger partial charge in [0, 0.05) is 24.3 Å². The third-order valence-corrected chi connectivity index (χ3v) is 7.17. The van der Waals surface area contributed by atoms with Gasteiger partial charge in [0.15, 0.2) is 0 Å². The van der Waals surface area contributed by atoms with Gasteiger partial charge < -0.3 is 15.4 Å². The fraction of sp³-hybridized carbons (Fsp3) is 0.273. The number of rotatable bonds is 5. The molecule has 166 valence electrons. The summed E-state index contributed by atoms with van der Waals surface area (Å²) in [5, 5.41) is 16.7. The highest BCUT2D eigenvalue weighted by atomic mass is 32.2. The summed E-state index contributed by atoms with van der Waals surface area (Å²) in [5.74, 6) is 0.602. The fourth-order valence-electron chi connectivity index (χ4n) is 4.53. The van der Waals surface area contributed by atoms with Crippen LogP contribution < -0.4 is 5.32 Å². The molecule has 9 nitrogen and oxygen atoms in total. The van der Waals surface area contributed by atoms with E-state index in [9.17, 15) is 18.1 Å². The van der Waals surface area contributed by atoms with E-state index in [1.54, 1.807) is 0 Å². The quantitative estimate of drug-likeness (QED) is 0.342. The molecule has 2 aromatic carbocycles. The van der Waals surface area contributed by atoms with Crippen molar-refractivity contribution in [2.45, 2.75) is 31.0 Å². The van der Waals surface area contributed by atoms with Gasteiger partial charge in [0.25, 0.3) is 0 Å². The molecule has 0 unspecified atom stereocenters. The lowest BCUT2D eigenvalue weighted by molar-refractivity contribution is 0.118. The van der Waals surface area contributed by atoms with Crippen molar-refractivity contribution in [3.8, 4) is 11.3 Å². The highest BCUT2D eigenvalue weighted by Crippen LogP contribution is 2.33. The zero-order valence-electron chi connectivity index (χ0n) is 17.3. The molecule has 1 aliphatic carbocycles. The van der Waals surface area contributed by atoms with E-state index in [1.807, 2.05) is 24.3 Å². The summed E-state index contributed by atoms with van der Waals surface area (Å²) in [6, 6.07) is 15.4. The largest absolute Gasteiger partial charge is 0.391 e. The summed E-state index contributed by atoms with van der Waals surface area (Å²) >= 11 is 0. The van der Waals surface area contributed by atoms with Gasteiger partial charge in [-0.15, -0.1) is 0 Å². The highest BCUT2D eigenvalue weighted by Gasteiger charge is 2.39. The van der Waals surface area contributed by atoms with Gasteiger partial charge in [-0.2, -0.15) is 12.7 Å². The summed E-state index contributed by atoms with van der Waals surface area (Å²) in [6.07, 6.45) is 1.23. The van der Waals surface area contributed by atoms with Crippen LogP contribution in [-0.4, -0.2) is 62.6 Å². The molecule has 0 amide bonds. The van der Waals surface area contributed by atoms with Gasteiger partial charge in [0.1, 0.15) is 17.8 Å². The second-order valence-electron chi connectivity index (χ2n) is 8.14. The Morgan fingerprint density at radius 2 is 1.88 bits per heavy atom. The molecule has 2 aromatic heterocycles. The number of H-pyrrole nitrogens is 1. The van der Waals surface area contributed by atoms with Crippen LogP contribution in [0.2, 0.25) is 0 Å². The lowest BCUT2D eigenvalue weighted by Gasteiger charge is -2.23. The number of aromatic amines is 1. The Kier molecular flexibility index (Phi) is 5.09. The molecule has 0 radical (unpaired) electrons. The first-order chi connectivity index (χ1) is 15.3. The number of likely N-dealkylation sites (N-methyl/N-ethyl adjacent to an activating group) is 1.